The molecule has 1 aromatic rings. The third-order valence-corrected chi connectivity index (χ3v) is 4.58. The molecule has 0 amide bonds. The highest BCUT2D eigenvalue weighted by Gasteiger charge is 2.26. The van der Waals surface area contributed by atoms with Gasteiger partial charge in [-0.25, -0.2) is 0 Å². The van der Waals surface area contributed by atoms with Gasteiger partial charge in [0.15, 0.2) is 0 Å². The quantitative estimate of drug-likeness (QED) is 0.842. The predicted molar refractivity (Wildman–Crippen MR) is 85.5 cm³/mol. The van der Waals surface area contributed by atoms with Gasteiger partial charge in [-0.15, -0.1) is 0 Å². The van der Waals surface area contributed by atoms with E-state index in [-0.39, 0.29) is 5.92 Å². The molecule has 116 valence electrons. The van der Waals surface area contributed by atoms with E-state index in [4.69, 9.17) is 5.11 Å². The smallest absolute Gasteiger partial charge is 0.306 e. The van der Waals surface area contributed by atoms with Gasteiger partial charge in [-0.1, -0.05) is 29.8 Å². The van der Waals surface area contributed by atoms with Gasteiger partial charge in [-0.2, -0.15) is 0 Å². The van der Waals surface area contributed by atoms with Crippen LogP contribution in [0, 0.1) is 12.8 Å². The zero-order chi connectivity index (χ0) is 15.2. The van der Waals surface area contributed by atoms with Gasteiger partial charge in [-0.3, -0.25) is 4.79 Å². The number of aryl methyl sites for hydroxylation is 2. The number of hydrogen-bond acceptors (Lipinski definition) is 2. The third kappa shape index (κ3) is 5.16. The molecule has 1 saturated carbocycles. The second kappa shape index (κ2) is 7.60. The molecule has 3 heteroatoms. The summed E-state index contributed by atoms with van der Waals surface area (Å²) in [7, 11) is 0. The number of carboxylic acid groups (broad SMARTS) is 1. The number of carbonyl (C=O) groups is 1. The highest BCUT2D eigenvalue weighted by atomic mass is 16.4. The minimum atomic E-state index is -0.624. The molecule has 0 heterocycles. The molecule has 1 aromatic carbocycles. The average molecular weight is 289 g/mol. The van der Waals surface area contributed by atoms with Crippen molar-refractivity contribution in [2.24, 2.45) is 5.92 Å². The first-order chi connectivity index (χ1) is 10.0. The number of nitrogens with one attached hydrogen (secondary N) is 1. The molecular weight excluding hydrogens is 262 g/mol. The minimum Gasteiger partial charge on any atom is -0.481 e. The molecular formula is C18H27NO2. The lowest BCUT2D eigenvalue weighted by molar-refractivity contribution is -0.142. The second-order valence-electron chi connectivity index (χ2n) is 6.48. The van der Waals surface area contributed by atoms with Crippen LogP contribution in [0.3, 0.4) is 0 Å². The molecule has 2 rings (SSSR count). The van der Waals surface area contributed by atoms with E-state index in [1.165, 1.54) is 11.1 Å². The molecule has 0 aromatic heterocycles. The van der Waals surface area contributed by atoms with Crippen LogP contribution in [-0.4, -0.2) is 23.2 Å². The first-order valence-corrected chi connectivity index (χ1v) is 8.09. The van der Waals surface area contributed by atoms with Gasteiger partial charge in [0.1, 0.15) is 0 Å². The molecule has 1 unspecified atom stereocenters. The van der Waals surface area contributed by atoms with Crippen LogP contribution in [0.25, 0.3) is 0 Å². The highest BCUT2D eigenvalue weighted by molar-refractivity contribution is 5.70. The van der Waals surface area contributed by atoms with Gasteiger partial charge in [0.05, 0.1) is 5.92 Å². The topological polar surface area (TPSA) is 49.3 Å². The van der Waals surface area contributed by atoms with Crippen molar-refractivity contribution in [3.63, 3.8) is 0 Å². The van der Waals surface area contributed by atoms with Crippen LogP contribution < -0.4 is 5.32 Å². The first kappa shape index (κ1) is 16.0. The normalized spacial score (nSPS) is 23.7. The zero-order valence-corrected chi connectivity index (χ0v) is 13.1. The first-order valence-electron chi connectivity index (χ1n) is 8.09. The number of hydrogen-bond donors (Lipinski definition) is 2. The minimum absolute atomic E-state index is 0.120. The van der Waals surface area contributed by atoms with Crippen molar-refractivity contribution in [2.45, 2.75) is 64.5 Å². The molecule has 0 spiro atoms. The molecule has 1 fully saturated rings. The Morgan fingerprint density at radius 1 is 1.24 bits per heavy atom. The van der Waals surface area contributed by atoms with Gasteiger partial charge < -0.3 is 10.4 Å². The maximum absolute atomic E-state index is 10.9. The van der Waals surface area contributed by atoms with Crippen molar-refractivity contribution in [3.05, 3.63) is 35.4 Å². The molecule has 1 aliphatic carbocycles. The number of carboxylic acids is 1. The number of rotatable bonds is 6. The lowest BCUT2D eigenvalue weighted by Gasteiger charge is -2.29. The second-order valence-corrected chi connectivity index (χ2v) is 6.48. The number of aliphatic carboxylic acids is 1. The summed E-state index contributed by atoms with van der Waals surface area (Å²) in [6.07, 6.45) is 5.84. The average Bonchev–Trinajstić information content (AvgIpc) is 2.47. The van der Waals surface area contributed by atoms with E-state index in [1.807, 2.05) is 0 Å². The highest BCUT2D eigenvalue weighted by Crippen LogP contribution is 2.25. The van der Waals surface area contributed by atoms with Gasteiger partial charge in [0.25, 0.3) is 0 Å². The van der Waals surface area contributed by atoms with Gasteiger partial charge in [-0.05, 0) is 57.9 Å². The van der Waals surface area contributed by atoms with E-state index in [0.29, 0.717) is 12.1 Å². The van der Waals surface area contributed by atoms with Gasteiger partial charge >= 0.3 is 5.97 Å². The van der Waals surface area contributed by atoms with E-state index in [9.17, 15) is 4.79 Å². The Morgan fingerprint density at radius 3 is 2.43 bits per heavy atom. The molecule has 0 bridgehead atoms. The standard InChI is InChI=1S/C18H27NO2/c1-13-3-6-15(7-4-13)8-5-14(2)19-17-11-9-16(10-12-17)18(20)21/h3-4,6-7,14,16-17,19H,5,8-12H2,1-2H3,(H,20,21). The van der Waals surface area contributed by atoms with E-state index >= 15 is 0 Å². The van der Waals surface area contributed by atoms with E-state index in [1.54, 1.807) is 0 Å². The van der Waals surface area contributed by atoms with Crippen molar-refractivity contribution in [1.29, 1.82) is 0 Å². The Morgan fingerprint density at radius 2 is 1.86 bits per heavy atom. The SMILES string of the molecule is Cc1ccc(CCC(C)NC2CCC(C(=O)O)CC2)cc1. The number of benzene rings is 1. The largest absolute Gasteiger partial charge is 0.481 e. The molecule has 0 aliphatic heterocycles. The molecule has 2 N–H and O–H groups in total. The Hall–Kier alpha value is -1.35. The van der Waals surface area contributed by atoms with Crippen LogP contribution in [0.5, 0.6) is 0 Å². The van der Waals surface area contributed by atoms with Gasteiger partial charge in [0.2, 0.25) is 0 Å². The van der Waals surface area contributed by atoms with Crippen molar-refractivity contribution in [3.8, 4) is 0 Å². The Labute approximate surface area is 127 Å². The van der Waals surface area contributed by atoms with Crippen molar-refractivity contribution < 1.29 is 9.90 Å². The fourth-order valence-electron chi connectivity index (χ4n) is 3.13. The fourth-order valence-corrected chi connectivity index (χ4v) is 3.13. The van der Waals surface area contributed by atoms with E-state index in [2.05, 4.69) is 43.4 Å². The summed E-state index contributed by atoms with van der Waals surface area (Å²) >= 11 is 0. The maximum Gasteiger partial charge on any atom is 0.306 e. The Balaban J connectivity index is 1.69. The van der Waals surface area contributed by atoms with Crippen LogP contribution >= 0.6 is 0 Å². The van der Waals surface area contributed by atoms with Gasteiger partial charge in [0, 0.05) is 12.1 Å². The van der Waals surface area contributed by atoms with Crippen LogP contribution in [0.4, 0.5) is 0 Å². The van der Waals surface area contributed by atoms with Crippen LogP contribution in [-0.2, 0) is 11.2 Å². The summed E-state index contributed by atoms with van der Waals surface area (Å²) in [5, 5.41) is 12.7. The fraction of sp³-hybridized carbons (Fsp3) is 0.611. The molecule has 3 nitrogen and oxygen atoms in total. The third-order valence-electron chi connectivity index (χ3n) is 4.58. The maximum atomic E-state index is 10.9. The van der Waals surface area contributed by atoms with Crippen molar-refractivity contribution in [1.82, 2.24) is 5.32 Å². The van der Waals surface area contributed by atoms with Crippen LogP contribution in [0.2, 0.25) is 0 Å². The molecule has 0 saturated heterocycles. The lowest BCUT2D eigenvalue weighted by atomic mass is 9.85. The van der Waals surface area contributed by atoms with Crippen LogP contribution in [0.15, 0.2) is 24.3 Å². The summed E-state index contributed by atoms with van der Waals surface area (Å²) in [5.41, 5.74) is 2.70. The summed E-state index contributed by atoms with van der Waals surface area (Å²) in [6.45, 7) is 4.35. The zero-order valence-electron chi connectivity index (χ0n) is 13.1. The Kier molecular flexibility index (Phi) is 5.80. The van der Waals surface area contributed by atoms with E-state index in [0.717, 1.165) is 38.5 Å². The summed E-state index contributed by atoms with van der Waals surface area (Å²) in [5.74, 6) is -0.744. The van der Waals surface area contributed by atoms with Crippen molar-refractivity contribution in [2.75, 3.05) is 0 Å². The van der Waals surface area contributed by atoms with Crippen LogP contribution in [0.1, 0.15) is 50.2 Å². The van der Waals surface area contributed by atoms with Crippen molar-refractivity contribution >= 4 is 5.97 Å². The molecule has 0 radical (unpaired) electrons. The molecule has 21 heavy (non-hydrogen) atoms. The Bertz CT molecular complexity index is 447. The van der Waals surface area contributed by atoms with E-state index < -0.39 is 5.97 Å². The lowest BCUT2D eigenvalue weighted by Crippen LogP contribution is -2.40. The summed E-state index contributed by atoms with van der Waals surface area (Å²) in [6, 6.07) is 9.73. The molecule has 1 aliphatic rings. The monoisotopic (exact) mass is 289 g/mol. The summed E-state index contributed by atoms with van der Waals surface area (Å²) < 4.78 is 0. The molecule has 1 atom stereocenters. The summed E-state index contributed by atoms with van der Waals surface area (Å²) in [4.78, 5) is 10.9. The predicted octanol–water partition coefficient (Wildman–Crippen LogP) is 3.55.